The van der Waals surface area contributed by atoms with Crippen molar-refractivity contribution in [3.05, 3.63) is 29.8 Å². The Morgan fingerprint density at radius 3 is 2.32 bits per heavy atom. The third-order valence-corrected chi connectivity index (χ3v) is 6.11. The van der Waals surface area contributed by atoms with Gasteiger partial charge in [0.2, 0.25) is 11.8 Å². The number of rotatable bonds is 5. The molecule has 7 nitrogen and oxygen atoms in total. The lowest BCUT2D eigenvalue weighted by Crippen LogP contribution is -2.59. The summed E-state index contributed by atoms with van der Waals surface area (Å²) in [7, 11) is 5.40. The fourth-order valence-corrected chi connectivity index (χ4v) is 4.56. The number of hydrogen-bond donors (Lipinski definition) is 1. The van der Waals surface area contributed by atoms with Crippen molar-refractivity contribution < 1.29 is 19.1 Å². The predicted octanol–water partition coefficient (Wildman–Crippen LogP) is 1.59. The number of imide groups is 1. The Bertz CT molecular complexity index is 789. The van der Waals surface area contributed by atoms with E-state index in [2.05, 4.69) is 5.32 Å². The minimum Gasteiger partial charge on any atom is -0.465 e. The van der Waals surface area contributed by atoms with Crippen LogP contribution in [0.25, 0.3) is 0 Å². The molecule has 2 saturated heterocycles. The molecule has 2 amide bonds. The number of esters is 1. The van der Waals surface area contributed by atoms with E-state index in [1.807, 2.05) is 57.1 Å². The van der Waals surface area contributed by atoms with E-state index < -0.39 is 29.4 Å². The van der Waals surface area contributed by atoms with Crippen molar-refractivity contribution in [2.45, 2.75) is 32.4 Å². The summed E-state index contributed by atoms with van der Waals surface area (Å²) in [4.78, 5) is 42.2. The number of likely N-dealkylation sites (tertiary alicyclic amines) is 1. The van der Waals surface area contributed by atoms with E-state index in [-0.39, 0.29) is 24.3 Å². The summed E-state index contributed by atoms with van der Waals surface area (Å²) in [5.41, 5.74) is 0.678. The molecule has 0 aliphatic carbocycles. The van der Waals surface area contributed by atoms with Gasteiger partial charge in [-0.2, -0.15) is 0 Å². The van der Waals surface area contributed by atoms with Gasteiger partial charge in [-0.3, -0.25) is 24.6 Å². The quantitative estimate of drug-likeness (QED) is 0.611. The van der Waals surface area contributed by atoms with Crippen LogP contribution in [0.4, 0.5) is 5.69 Å². The van der Waals surface area contributed by atoms with Crippen molar-refractivity contribution in [2.24, 2.45) is 17.8 Å². The Labute approximate surface area is 166 Å². The Kier molecular flexibility index (Phi) is 5.23. The molecular formula is C21H29N3O4. The summed E-state index contributed by atoms with van der Waals surface area (Å²) in [5, 5.41) is 3.38. The zero-order valence-corrected chi connectivity index (χ0v) is 17.4. The Morgan fingerprint density at radius 2 is 1.82 bits per heavy atom. The monoisotopic (exact) mass is 387 g/mol. The van der Waals surface area contributed by atoms with Crippen LogP contribution in [0.1, 0.15) is 32.4 Å². The molecule has 2 aliphatic rings. The van der Waals surface area contributed by atoms with Crippen LogP contribution in [0, 0.1) is 17.8 Å². The number of benzene rings is 1. The molecule has 0 aromatic heterocycles. The van der Waals surface area contributed by atoms with Gasteiger partial charge in [-0.25, -0.2) is 0 Å². The van der Waals surface area contributed by atoms with Crippen molar-refractivity contribution in [3.63, 3.8) is 0 Å². The van der Waals surface area contributed by atoms with E-state index in [9.17, 15) is 14.4 Å². The number of hydrogen-bond acceptors (Lipinski definition) is 6. The topological polar surface area (TPSA) is 79.0 Å². The highest BCUT2D eigenvalue weighted by Gasteiger charge is 2.69. The SMILES string of the molecule is CCOC(=O)[C@]1(C(C)C)N[C@H](c2ccc(N(C)C)cc2)[C@@H]2C(=O)N(C)C(=O)[C@@H]21. The van der Waals surface area contributed by atoms with Gasteiger partial charge in [0.15, 0.2) is 0 Å². The highest BCUT2D eigenvalue weighted by atomic mass is 16.5. The number of amides is 2. The van der Waals surface area contributed by atoms with E-state index >= 15 is 0 Å². The summed E-state index contributed by atoms with van der Waals surface area (Å²) in [6, 6.07) is 7.39. The van der Waals surface area contributed by atoms with E-state index in [0.717, 1.165) is 16.2 Å². The third kappa shape index (κ3) is 2.80. The average molecular weight is 387 g/mol. The molecule has 2 aliphatic heterocycles. The summed E-state index contributed by atoms with van der Waals surface area (Å²) in [5.74, 6) is -2.68. The number of nitrogens with one attached hydrogen (secondary N) is 1. The Morgan fingerprint density at radius 1 is 1.21 bits per heavy atom. The predicted molar refractivity (Wildman–Crippen MR) is 106 cm³/mol. The van der Waals surface area contributed by atoms with Crippen LogP contribution >= 0.6 is 0 Å². The number of carbonyl (C=O) groups excluding carboxylic acids is 3. The van der Waals surface area contributed by atoms with Gasteiger partial charge in [0.1, 0.15) is 5.54 Å². The maximum atomic E-state index is 13.1. The second-order valence-electron chi connectivity index (χ2n) is 8.09. The molecule has 2 fully saturated rings. The van der Waals surface area contributed by atoms with Crippen LogP contribution in [-0.2, 0) is 19.1 Å². The molecule has 7 heteroatoms. The minimum atomic E-state index is -1.23. The average Bonchev–Trinajstić information content (AvgIpc) is 3.13. The molecule has 4 atom stereocenters. The maximum Gasteiger partial charge on any atom is 0.327 e. The summed E-state index contributed by atoms with van der Waals surface area (Å²) in [6.07, 6.45) is 0. The zero-order valence-electron chi connectivity index (χ0n) is 17.4. The lowest BCUT2D eigenvalue weighted by Gasteiger charge is -2.36. The zero-order chi connectivity index (χ0) is 20.8. The number of nitrogens with zero attached hydrogens (tertiary/aromatic N) is 2. The largest absolute Gasteiger partial charge is 0.465 e. The van der Waals surface area contributed by atoms with Gasteiger partial charge in [-0.1, -0.05) is 26.0 Å². The first-order chi connectivity index (χ1) is 13.2. The molecule has 28 heavy (non-hydrogen) atoms. The molecule has 0 bridgehead atoms. The Hall–Kier alpha value is -2.41. The lowest BCUT2D eigenvalue weighted by atomic mass is 9.73. The van der Waals surface area contributed by atoms with E-state index in [1.165, 1.54) is 7.05 Å². The molecule has 0 unspecified atom stereocenters. The van der Waals surface area contributed by atoms with Crippen molar-refractivity contribution >= 4 is 23.5 Å². The number of fused-ring (bicyclic) bond motifs is 1. The highest BCUT2D eigenvalue weighted by Crippen LogP contribution is 2.51. The second-order valence-corrected chi connectivity index (χ2v) is 8.09. The lowest BCUT2D eigenvalue weighted by molar-refractivity contribution is -0.158. The molecule has 0 spiro atoms. The van der Waals surface area contributed by atoms with Crippen LogP contribution in [0.2, 0.25) is 0 Å². The summed E-state index contributed by atoms with van der Waals surface area (Å²) >= 11 is 0. The molecule has 1 N–H and O–H groups in total. The standard InChI is InChI=1S/C21H29N3O4/c1-7-28-20(27)21(12(2)3)16-15(18(25)24(6)19(16)26)17(22-21)13-8-10-14(11-9-13)23(4)5/h8-12,15-17,22H,7H2,1-6H3/t15-,16-,17-,21-/m1/s1. The maximum absolute atomic E-state index is 13.1. The van der Waals surface area contributed by atoms with Crippen LogP contribution in [0.5, 0.6) is 0 Å². The van der Waals surface area contributed by atoms with E-state index in [4.69, 9.17) is 4.74 Å². The molecule has 0 radical (unpaired) electrons. The number of carbonyl (C=O) groups is 3. The van der Waals surface area contributed by atoms with Gasteiger partial charge in [0, 0.05) is 32.9 Å². The number of ether oxygens (including phenoxy) is 1. The fourth-order valence-electron chi connectivity index (χ4n) is 4.56. The molecule has 1 aromatic rings. The molecule has 2 heterocycles. The summed E-state index contributed by atoms with van der Waals surface area (Å²) in [6.45, 7) is 5.72. The van der Waals surface area contributed by atoms with Crippen LogP contribution < -0.4 is 10.2 Å². The molecule has 3 rings (SSSR count). The smallest absolute Gasteiger partial charge is 0.327 e. The first-order valence-corrected chi connectivity index (χ1v) is 9.70. The fraction of sp³-hybridized carbons (Fsp3) is 0.571. The molecule has 152 valence electrons. The Balaban J connectivity index is 2.11. The number of anilines is 1. The first kappa shape index (κ1) is 20.3. The van der Waals surface area contributed by atoms with Gasteiger partial charge in [-0.05, 0) is 30.5 Å². The van der Waals surface area contributed by atoms with Gasteiger partial charge >= 0.3 is 5.97 Å². The second kappa shape index (κ2) is 7.20. The van der Waals surface area contributed by atoms with Gasteiger partial charge in [0.25, 0.3) is 0 Å². The highest BCUT2D eigenvalue weighted by molar-refractivity contribution is 6.09. The van der Waals surface area contributed by atoms with Crippen molar-refractivity contribution in [1.29, 1.82) is 0 Å². The normalized spacial score (nSPS) is 29.4. The van der Waals surface area contributed by atoms with Gasteiger partial charge < -0.3 is 9.64 Å². The first-order valence-electron chi connectivity index (χ1n) is 9.70. The van der Waals surface area contributed by atoms with Crippen LogP contribution in [0.15, 0.2) is 24.3 Å². The van der Waals surface area contributed by atoms with Crippen molar-refractivity contribution in [2.75, 3.05) is 32.6 Å². The third-order valence-electron chi connectivity index (χ3n) is 6.11. The molecule has 0 saturated carbocycles. The summed E-state index contributed by atoms with van der Waals surface area (Å²) < 4.78 is 5.36. The minimum absolute atomic E-state index is 0.215. The van der Waals surface area contributed by atoms with Crippen molar-refractivity contribution in [1.82, 2.24) is 10.2 Å². The van der Waals surface area contributed by atoms with Crippen LogP contribution in [0.3, 0.4) is 0 Å². The van der Waals surface area contributed by atoms with E-state index in [1.54, 1.807) is 6.92 Å². The van der Waals surface area contributed by atoms with Crippen LogP contribution in [-0.4, -0.2) is 56.0 Å². The molecular weight excluding hydrogens is 358 g/mol. The van der Waals surface area contributed by atoms with E-state index in [0.29, 0.717) is 0 Å². The van der Waals surface area contributed by atoms with Gasteiger partial charge in [-0.15, -0.1) is 0 Å². The van der Waals surface area contributed by atoms with Crippen molar-refractivity contribution in [3.8, 4) is 0 Å². The van der Waals surface area contributed by atoms with Gasteiger partial charge in [0.05, 0.1) is 18.4 Å². The molecule has 1 aromatic carbocycles.